The topological polar surface area (TPSA) is 47.6 Å². The zero-order valence-electron chi connectivity index (χ0n) is 13.7. The van der Waals surface area contributed by atoms with Gasteiger partial charge in [-0.2, -0.15) is 0 Å². The molecule has 0 saturated carbocycles. The second-order valence-electron chi connectivity index (χ2n) is 6.56. The van der Waals surface area contributed by atoms with Crippen molar-refractivity contribution >= 4 is 11.0 Å². The van der Waals surface area contributed by atoms with Crippen LogP contribution in [0.3, 0.4) is 0 Å². The van der Waals surface area contributed by atoms with Crippen molar-refractivity contribution in [2.24, 2.45) is 0 Å². The summed E-state index contributed by atoms with van der Waals surface area (Å²) in [5, 5.41) is 0. The van der Waals surface area contributed by atoms with E-state index in [9.17, 15) is 4.21 Å². The number of nitrogens with one attached hydrogen (secondary N) is 1. The summed E-state index contributed by atoms with van der Waals surface area (Å²) < 4.78 is 26.6. The molecule has 1 unspecified atom stereocenters. The van der Waals surface area contributed by atoms with Crippen molar-refractivity contribution in [1.82, 2.24) is 4.72 Å². The Bertz CT molecular complexity index is 467. The minimum absolute atomic E-state index is 0.0374. The van der Waals surface area contributed by atoms with E-state index in [1.807, 2.05) is 39.0 Å². The van der Waals surface area contributed by atoms with Gasteiger partial charge in [-0.1, -0.05) is 30.3 Å². The van der Waals surface area contributed by atoms with Crippen LogP contribution < -0.4 is 4.72 Å². The highest BCUT2D eigenvalue weighted by molar-refractivity contribution is 7.84. The van der Waals surface area contributed by atoms with Crippen molar-refractivity contribution in [3.8, 4) is 0 Å². The Labute approximate surface area is 136 Å². The molecule has 0 spiro atoms. The summed E-state index contributed by atoms with van der Waals surface area (Å²) in [6.07, 6.45) is 2.46. The normalized spacial score (nSPS) is 19.8. The van der Waals surface area contributed by atoms with E-state index in [1.165, 1.54) is 0 Å². The third-order valence-corrected chi connectivity index (χ3v) is 5.21. The molecule has 1 fully saturated rings. The molecule has 0 radical (unpaired) electrons. The Morgan fingerprint density at radius 3 is 2.45 bits per heavy atom. The van der Waals surface area contributed by atoms with E-state index in [0.29, 0.717) is 0 Å². The first-order chi connectivity index (χ1) is 10.5. The molecule has 0 aromatic heterocycles. The molecule has 1 aliphatic rings. The lowest BCUT2D eigenvalue weighted by Gasteiger charge is -2.27. The predicted octanol–water partition coefficient (Wildman–Crippen LogP) is 3.32. The van der Waals surface area contributed by atoms with E-state index in [0.717, 1.165) is 38.0 Å². The monoisotopic (exact) mass is 325 g/mol. The number of ether oxygens (including phenoxy) is 2. The van der Waals surface area contributed by atoms with E-state index in [1.54, 1.807) is 0 Å². The largest absolute Gasteiger partial charge is 0.353 e. The Kier molecular flexibility index (Phi) is 6.56. The van der Waals surface area contributed by atoms with Crippen LogP contribution in [0, 0.1) is 0 Å². The van der Waals surface area contributed by atoms with E-state index in [2.05, 4.69) is 16.9 Å². The predicted molar refractivity (Wildman–Crippen MR) is 89.8 cm³/mol. The van der Waals surface area contributed by atoms with E-state index >= 15 is 0 Å². The molecule has 0 amide bonds. The van der Waals surface area contributed by atoms with Gasteiger partial charge in [0.1, 0.15) is 0 Å². The summed E-state index contributed by atoms with van der Waals surface area (Å²) >= 11 is 0. The summed E-state index contributed by atoms with van der Waals surface area (Å²) in [4.78, 5) is 0. The molecule has 0 aliphatic carbocycles. The molecule has 2 atom stereocenters. The van der Waals surface area contributed by atoms with Crippen molar-refractivity contribution in [3.63, 3.8) is 0 Å². The number of hydrogen-bond donors (Lipinski definition) is 1. The highest BCUT2D eigenvalue weighted by Gasteiger charge is 2.25. The fourth-order valence-electron chi connectivity index (χ4n) is 2.29. The van der Waals surface area contributed by atoms with E-state index < -0.39 is 11.0 Å². The fourth-order valence-corrected chi connectivity index (χ4v) is 3.16. The first kappa shape index (κ1) is 17.6. The maximum absolute atomic E-state index is 12.4. The highest BCUT2D eigenvalue weighted by atomic mass is 32.2. The van der Waals surface area contributed by atoms with Crippen LogP contribution in [0.25, 0.3) is 0 Å². The Morgan fingerprint density at radius 2 is 1.86 bits per heavy atom. The average Bonchev–Trinajstić information content (AvgIpc) is 2.52. The summed E-state index contributed by atoms with van der Waals surface area (Å²) in [7, 11) is -1.11. The van der Waals surface area contributed by atoms with Crippen LogP contribution in [0.5, 0.6) is 0 Å². The zero-order valence-corrected chi connectivity index (χ0v) is 14.5. The maximum atomic E-state index is 12.4. The lowest BCUT2D eigenvalue weighted by atomic mass is 10.0. The Balaban J connectivity index is 2.00. The van der Waals surface area contributed by atoms with Crippen molar-refractivity contribution in [1.29, 1.82) is 0 Å². The van der Waals surface area contributed by atoms with Crippen molar-refractivity contribution < 1.29 is 13.7 Å². The van der Waals surface area contributed by atoms with E-state index in [4.69, 9.17) is 9.47 Å². The Morgan fingerprint density at radius 1 is 1.23 bits per heavy atom. The van der Waals surface area contributed by atoms with Gasteiger partial charge in [-0.25, -0.2) is 8.93 Å². The standard InChI is InChI=1S/C17H27NO3S/c1-17(2,3)22(19)18-15(14-8-5-4-6-9-14)10-11-16-20-12-7-13-21-16/h4-6,8-9,15-16,18H,7,10-13H2,1-3H3/t15-,22?/m1/s1. The van der Waals surface area contributed by atoms with Gasteiger partial charge >= 0.3 is 0 Å². The summed E-state index contributed by atoms with van der Waals surface area (Å²) in [5.74, 6) is 0. The summed E-state index contributed by atoms with van der Waals surface area (Å²) in [6.45, 7) is 7.46. The van der Waals surface area contributed by atoms with Crippen LogP contribution in [0.4, 0.5) is 0 Å². The summed E-state index contributed by atoms with van der Waals surface area (Å²) in [5.41, 5.74) is 1.15. The van der Waals surface area contributed by atoms with E-state index in [-0.39, 0.29) is 17.1 Å². The van der Waals surface area contributed by atoms with Crippen LogP contribution in [-0.4, -0.2) is 28.5 Å². The van der Waals surface area contributed by atoms with Crippen molar-refractivity contribution in [3.05, 3.63) is 35.9 Å². The second kappa shape index (κ2) is 8.20. The minimum Gasteiger partial charge on any atom is -0.353 e. The van der Waals surface area contributed by atoms with Gasteiger partial charge in [-0.05, 0) is 39.2 Å². The molecule has 1 saturated heterocycles. The van der Waals surface area contributed by atoms with Crippen LogP contribution >= 0.6 is 0 Å². The third kappa shape index (κ3) is 5.47. The molecular formula is C17H27NO3S. The van der Waals surface area contributed by atoms with Gasteiger partial charge in [0, 0.05) is 12.5 Å². The fraction of sp³-hybridized carbons (Fsp3) is 0.647. The van der Waals surface area contributed by atoms with Gasteiger partial charge in [-0.3, -0.25) is 0 Å². The lowest BCUT2D eigenvalue weighted by molar-refractivity contribution is -0.182. The average molecular weight is 325 g/mol. The molecule has 4 nitrogen and oxygen atoms in total. The van der Waals surface area contributed by atoms with Crippen LogP contribution in [0.1, 0.15) is 51.6 Å². The number of rotatable bonds is 6. The molecule has 2 rings (SSSR count). The molecular weight excluding hydrogens is 298 g/mol. The van der Waals surface area contributed by atoms with Crippen molar-refractivity contribution in [2.45, 2.75) is 57.1 Å². The zero-order chi connectivity index (χ0) is 16.0. The molecule has 1 aromatic rings. The summed E-state index contributed by atoms with van der Waals surface area (Å²) in [6, 6.07) is 10.2. The molecule has 1 N–H and O–H groups in total. The van der Waals surface area contributed by atoms with Crippen LogP contribution in [0.2, 0.25) is 0 Å². The first-order valence-electron chi connectivity index (χ1n) is 7.93. The quantitative estimate of drug-likeness (QED) is 0.873. The third-order valence-electron chi connectivity index (χ3n) is 3.59. The maximum Gasteiger partial charge on any atom is 0.157 e. The molecule has 1 heterocycles. The minimum atomic E-state index is -1.11. The van der Waals surface area contributed by atoms with Gasteiger partial charge < -0.3 is 9.47 Å². The molecule has 5 heteroatoms. The van der Waals surface area contributed by atoms with Gasteiger partial charge in [0.25, 0.3) is 0 Å². The van der Waals surface area contributed by atoms with Gasteiger partial charge in [-0.15, -0.1) is 0 Å². The van der Waals surface area contributed by atoms with Crippen LogP contribution in [-0.2, 0) is 20.5 Å². The molecule has 1 aromatic carbocycles. The lowest BCUT2D eigenvalue weighted by Crippen LogP contribution is -2.36. The SMILES string of the molecule is CC(C)(C)S(=O)N[C@H](CCC1OCCCO1)c1ccccc1. The second-order valence-corrected chi connectivity index (χ2v) is 8.56. The van der Waals surface area contributed by atoms with Crippen molar-refractivity contribution in [2.75, 3.05) is 13.2 Å². The molecule has 1 aliphatic heterocycles. The highest BCUT2D eigenvalue weighted by Crippen LogP contribution is 2.24. The Hall–Kier alpha value is -0.750. The van der Waals surface area contributed by atoms with Gasteiger partial charge in [0.05, 0.1) is 28.9 Å². The first-order valence-corrected chi connectivity index (χ1v) is 9.08. The smallest absolute Gasteiger partial charge is 0.157 e. The van der Waals surface area contributed by atoms with Crippen LogP contribution in [0.15, 0.2) is 30.3 Å². The number of hydrogen-bond acceptors (Lipinski definition) is 3. The molecule has 124 valence electrons. The van der Waals surface area contributed by atoms with Gasteiger partial charge in [0.2, 0.25) is 0 Å². The molecule has 0 bridgehead atoms. The molecule has 22 heavy (non-hydrogen) atoms. The number of benzene rings is 1. The van der Waals surface area contributed by atoms with Gasteiger partial charge in [0.15, 0.2) is 6.29 Å².